The lowest BCUT2D eigenvalue weighted by Crippen LogP contribution is -2.58. The van der Waals surface area contributed by atoms with Crippen molar-refractivity contribution in [2.24, 2.45) is 17.3 Å². The highest BCUT2D eigenvalue weighted by Crippen LogP contribution is 2.36. The number of piperidine rings is 1. The molecular formula is C18H34N2O3. The topological polar surface area (TPSA) is 53.0 Å². The van der Waals surface area contributed by atoms with Crippen LogP contribution < -0.4 is 0 Å². The third-order valence-electron chi connectivity index (χ3n) is 5.58. The minimum Gasteiger partial charge on any atom is -0.481 e. The van der Waals surface area contributed by atoms with Gasteiger partial charge < -0.3 is 14.7 Å². The van der Waals surface area contributed by atoms with Gasteiger partial charge in [-0.25, -0.2) is 0 Å². The lowest BCUT2D eigenvalue weighted by Gasteiger charge is -2.48. The van der Waals surface area contributed by atoms with Crippen LogP contribution >= 0.6 is 0 Å². The molecule has 23 heavy (non-hydrogen) atoms. The lowest BCUT2D eigenvalue weighted by molar-refractivity contribution is -0.145. The molecule has 2 saturated heterocycles. The van der Waals surface area contributed by atoms with E-state index < -0.39 is 5.97 Å². The molecule has 1 N–H and O–H groups in total. The summed E-state index contributed by atoms with van der Waals surface area (Å²) < 4.78 is 5.46. The number of nitrogens with zero attached hydrogens (tertiary/aromatic N) is 2. The molecule has 2 fully saturated rings. The average Bonchev–Trinajstić information content (AvgIpc) is 2.46. The van der Waals surface area contributed by atoms with E-state index in [2.05, 4.69) is 44.4 Å². The Labute approximate surface area is 141 Å². The third-order valence-corrected chi connectivity index (χ3v) is 5.58. The molecule has 5 nitrogen and oxygen atoms in total. The Morgan fingerprint density at radius 1 is 1.13 bits per heavy atom. The van der Waals surface area contributed by atoms with Crippen molar-refractivity contribution in [1.29, 1.82) is 0 Å². The van der Waals surface area contributed by atoms with Crippen LogP contribution in [0.2, 0.25) is 0 Å². The van der Waals surface area contributed by atoms with Gasteiger partial charge in [0.25, 0.3) is 0 Å². The number of carboxylic acids is 1. The normalized spacial score (nSPS) is 28.7. The van der Waals surface area contributed by atoms with Crippen LogP contribution in [-0.4, -0.2) is 72.4 Å². The first-order chi connectivity index (χ1) is 10.6. The van der Waals surface area contributed by atoms with Gasteiger partial charge in [0.05, 0.1) is 19.1 Å². The number of rotatable bonds is 4. The van der Waals surface area contributed by atoms with Gasteiger partial charge in [-0.15, -0.1) is 0 Å². The molecule has 0 radical (unpaired) electrons. The predicted octanol–water partition coefficient (Wildman–Crippen LogP) is 2.17. The molecule has 0 saturated carbocycles. The van der Waals surface area contributed by atoms with Crippen LogP contribution in [0.5, 0.6) is 0 Å². The molecule has 2 atom stereocenters. The number of morpholine rings is 1. The standard InChI is InChI=1S/C18H34N2O3/c1-17(2,3)15-10-14(16(21)22)11-19(12-15)13-18(4,5)20-6-8-23-9-7-20/h14-15H,6-13H2,1-5H3,(H,21,22)/t14-,15+/m0/s1. The summed E-state index contributed by atoms with van der Waals surface area (Å²) in [4.78, 5) is 16.4. The van der Waals surface area contributed by atoms with E-state index in [1.807, 2.05) is 0 Å². The summed E-state index contributed by atoms with van der Waals surface area (Å²) in [5, 5.41) is 9.53. The first-order valence-corrected chi connectivity index (χ1v) is 8.87. The van der Waals surface area contributed by atoms with Gasteiger partial charge in [-0.2, -0.15) is 0 Å². The van der Waals surface area contributed by atoms with Crippen molar-refractivity contribution in [3.8, 4) is 0 Å². The summed E-state index contributed by atoms with van der Waals surface area (Å²) in [6.45, 7) is 17.4. The van der Waals surface area contributed by atoms with E-state index in [4.69, 9.17) is 4.74 Å². The molecule has 0 spiro atoms. The average molecular weight is 326 g/mol. The van der Waals surface area contributed by atoms with Gasteiger partial charge in [0.15, 0.2) is 0 Å². The maximum atomic E-state index is 11.6. The Kier molecular flexibility index (Phi) is 5.75. The van der Waals surface area contributed by atoms with E-state index in [1.165, 1.54) is 0 Å². The number of hydrogen-bond donors (Lipinski definition) is 1. The molecule has 0 aromatic rings. The number of carbonyl (C=O) groups is 1. The maximum absolute atomic E-state index is 11.6. The van der Waals surface area contributed by atoms with Gasteiger partial charge in [-0.05, 0) is 31.6 Å². The maximum Gasteiger partial charge on any atom is 0.307 e. The van der Waals surface area contributed by atoms with Crippen LogP contribution in [0.3, 0.4) is 0 Å². The summed E-state index contributed by atoms with van der Waals surface area (Å²) in [6.07, 6.45) is 0.799. The number of ether oxygens (including phenoxy) is 1. The molecule has 0 aliphatic carbocycles. The summed E-state index contributed by atoms with van der Waals surface area (Å²) in [7, 11) is 0. The number of likely N-dealkylation sites (tertiary alicyclic amines) is 1. The molecule has 0 aromatic carbocycles. The number of hydrogen-bond acceptors (Lipinski definition) is 4. The second-order valence-electron chi connectivity index (χ2n) is 8.94. The summed E-state index contributed by atoms with van der Waals surface area (Å²) >= 11 is 0. The van der Waals surface area contributed by atoms with E-state index >= 15 is 0 Å². The minimum absolute atomic E-state index is 0.0482. The molecule has 2 aliphatic heterocycles. The van der Waals surface area contributed by atoms with Gasteiger partial charge >= 0.3 is 5.97 Å². The molecule has 134 valence electrons. The minimum atomic E-state index is -0.645. The lowest BCUT2D eigenvalue weighted by atomic mass is 9.73. The van der Waals surface area contributed by atoms with Crippen LogP contribution in [-0.2, 0) is 9.53 Å². The van der Waals surface area contributed by atoms with Gasteiger partial charge in [0.1, 0.15) is 0 Å². The van der Waals surface area contributed by atoms with E-state index in [0.29, 0.717) is 12.5 Å². The fourth-order valence-corrected chi connectivity index (χ4v) is 3.94. The van der Waals surface area contributed by atoms with Crippen LogP contribution in [0, 0.1) is 17.3 Å². The van der Waals surface area contributed by atoms with E-state index in [9.17, 15) is 9.90 Å². The van der Waals surface area contributed by atoms with Crippen molar-refractivity contribution < 1.29 is 14.6 Å². The largest absolute Gasteiger partial charge is 0.481 e. The summed E-state index contributed by atoms with van der Waals surface area (Å²) in [5.41, 5.74) is 0.197. The van der Waals surface area contributed by atoms with Crippen molar-refractivity contribution in [1.82, 2.24) is 9.80 Å². The highest BCUT2D eigenvalue weighted by Gasteiger charge is 2.39. The second kappa shape index (κ2) is 7.08. The highest BCUT2D eigenvalue weighted by molar-refractivity contribution is 5.70. The van der Waals surface area contributed by atoms with Crippen molar-refractivity contribution in [2.45, 2.75) is 46.6 Å². The molecule has 0 bridgehead atoms. The zero-order chi connectivity index (χ0) is 17.3. The van der Waals surface area contributed by atoms with E-state index in [1.54, 1.807) is 0 Å². The Hall–Kier alpha value is -0.650. The fraction of sp³-hybridized carbons (Fsp3) is 0.944. The molecule has 0 unspecified atom stereocenters. The monoisotopic (exact) mass is 326 g/mol. The van der Waals surface area contributed by atoms with Crippen LogP contribution in [0.1, 0.15) is 41.0 Å². The van der Waals surface area contributed by atoms with Gasteiger partial charge in [0.2, 0.25) is 0 Å². The van der Waals surface area contributed by atoms with Crippen LogP contribution in [0.15, 0.2) is 0 Å². The molecule has 2 aliphatic rings. The molecule has 0 amide bonds. The van der Waals surface area contributed by atoms with E-state index in [0.717, 1.165) is 45.8 Å². The van der Waals surface area contributed by atoms with Gasteiger partial charge in [-0.1, -0.05) is 20.8 Å². The quantitative estimate of drug-likeness (QED) is 0.858. The first-order valence-electron chi connectivity index (χ1n) is 8.87. The Morgan fingerprint density at radius 3 is 2.26 bits per heavy atom. The Bertz CT molecular complexity index is 411. The molecule has 2 rings (SSSR count). The molecule has 0 aromatic heterocycles. The Morgan fingerprint density at radius 2 is 1.74 bits per heavy atom. The van der Waals surface area contributed by atoms with Crippen LogP contribution in [0.4, 0.5) is 0 Å². The van der Waals surface area contributed by atoms with Gasteiger partial charge in [0, 0.05) is 38.3 Å². The van der Waals surface area contributed by atoms with E-state index in [-0.39, 0.29) is 16.9 Å². The molecule has 5 heteroatoms. The zero-order valence-electron chi connectivity index (χ0n) is 15.5. The zero-order valence-corrected chi connectivity index (χ0v) is 15.5. The first kappa shape index (κ1) is 18.7. The summed E-state index contributed by atoms with van der Waals surface area (Å²) in [5.74, 6) is -0.459. The van der Waals surface area contributed by atoms with Crippen molar-refractivity contribution >= 4 is 5.97 Å². The summed E-state index contributed by atoms with van der Waals surface area (Å²) in [6, 6.07) is 0. The number of aliphatic carboxylic acids is 1. The smallest absolute Gasteiger partial charge is 0.307 e. The number of carboxylic acid groups (broad SMARTS) is 1. The fourth-order valence-electron chi connectivity index (χ4n) is 3.94. The predicted molar refractivity (Wildman–Crippen MR) is 91.6 cm³/mol. The molecular weight excluding hydrogens is 292 g/mol. The van der Waals surface area contributed by atoms with Crippen molar-refractivity contribution in [3.63, 3.8) is 0 Å². The molecule has 2 heterocycles. The third kappa shape index (κ3) is 4.91. The SMILES string of the molecule is CC(C)(C)[C@@H]1C[C@H](C(=O)O)CN(CC(C)(C)N2CCOCC2)C1. The highest BCUT2D eigenvalue weighted by atomic mass is 16.5. The van der Waals surface area contributed by atoms with Crippen molar-refractivity contribution in [2.75, 3.05) is 45.9 Å². The second-order valence-corrected chi connectivity index (χ2v) is 8.94. The Balaban J connectivity index is 2.05. The van der Waals surface area contributed by atoms with Gasteiger partial charge in [-0.3, -0.25) is 9.69 Å². The van der Waals surface area contributed by atoms with Crippen molar-refractivity contribution in [3.05, 3.63) is 0 Å². The van der Waals surface area contributed by atoms with Crippen LogP contribution in [0.25, 0.3) is 0 Å².